The van der Waals surface area contributed by atoms with Crippen LogP contribution in [-0.2, 0) is 4.79 Å². The Labute approximate surface area is 123 Å². The molecule has 116 valence electrons. The van der Waals surface area contributed by atoms with Crippen LogP contribution in [0.3, 0.4) is 0 Å². The van der Waals surface area contributed by atoms with Gasteiger partial charge in [0.15, 0.2) is 6.61 Å². The summed E-state index contributed by atoms with van der Waals surface area (Å²) in [4.78, 5) is 21.8. The molecule has 0 saturated heterocycles. The highest BCUT2D eigenvalue weighted by atomic mass is 16.6. The normalized spacial score (nSPS) is 11.0. The van der Waals surface area contributed by atoms with Crippen LogP contribution in [0.2, 0.25) is 0 Å². The molecule has 0 aromatic heterocycles. The lowest BCUT2D eigenvalue weighted by atomic mass is 9.94. The van der Waals surface area contributed by atoms with Crippen LogP contribution in [0.25, 0.3) is 0 Å². The van der Waals surface area contributed by atoms with E-state index in [4.69, 9.17) is 4.74 Å². The molecule has 0 aliphatic rings. The molecule has 0 aliphatic carbocycles. The molecule has 21 heavy (non-hydrogen) atoms. The lowest BCUT2D eigenvalue weighted by Crippen LogP contribution is -2.51. The van der Waals surface area contributed by atoms with Crippen molar-refractivity contribution in [1.82, 2.24) is 5.32 Å². The predicted molar refractivity (Wildman–Crippen MR) is 77.1 cm³/mol. The van der Waals surface area contributed by atoms with Crippen LogP contribution >= 0.6 is 0 Å². The molecule has 0 spiro atoms. The third-order valence-electron chi connectivity index (χ3n) is 3.48. The first kappa shape index (κ1) is 16.9. The average molecular weight is 296 g/mol. The number of nitrogens with zero attached hydrogens (tertiary/aromatic N) is 1. The van der Waals surface area contributed by atoms with Gasteiger partial charge in [-0.25, -0.2) is 0 Å². The molecule has 0 radical (unpaired) electrons. The number of non-ortho nitro benzene ring substituents is 1. The Kier molecular flexibility index (Phi) is 6.10. The fourth-order valence-corrected chi connectivity index (χ4v) is 1.83. The van der Waals surface area contributed by atoms with E-state index in [1.54, 1.807) is 0 Å². The van der Waals surface area contributed by atoms with Gasteiger partial charge in [0.2, 0.25) is 0 Å². The first-order valence-electron chi connectivity index (χ1n) is 6.75. The molecule has 1 aromatic carbocycles. The molecular formula is C14H20N2O5. The number of carbonyl (C=O) groups excluding carboxylic acids is 1. The van der Waals surface area contributed by atoms with E-state index in [-0.39, 0.29) is 24.8 Å². The summed E-state index contributed by atoms with van der Waals surface area (Å²) in [6, 6.07) is 5.49. The summed E-state index contributed by atoms with van der Waals surface area (Å²) in [5.41, 5.74) is -0.668. The number of nitrogens with one attached hydrogen (secondary N) is 1. The lowest BCUT2D eigenvalue weighted by molar-refractivity contribution is -0.384. The van der Waals surface area contributed by atoms with Crippen LogP contribution in [0.15, 0.2) is 24.3 Å². The Morgan fingerprint density at radius 1 is 1.33 bits per heavy atom. The molecule has 1 amide bonds. The molecule has 0 aliphatic heterocycles. The molecule has 2 N–H and O–H groups in total. The molecule has 0 atom stereocenters. The van der Waals surface area contributed by atoms with Crippen molar-refractivity contribution >= 4 is 11.6 Å². The summed E-state index contributed by atoms with van der Waals surface area (Å²) < 4.78 is 5.27. The summed E-state index contributed by atoms with van der Waals surface area (Å²) >= 11 is 0. The van der Waals surface area contributed by atoms with Crippen molar-refractivity contribution in [3.8, 4) is 5.75 Å². The Morgan fingerprint density at radius 2 is 1.90 bits per heavy atom. The van der Waals surface area contributed by atoms with E-state index in [1.807, 2.05) is 13.8 Å². The number of ether oxygens (including phenoxy) is 1. The summed E-state index contributed by atoms with van der Waals surface area (Å²) in [5.74, 6) is 0.0319. The number of rotatable bonds is 8. The number of nitro benzene ring substituents is 1. The van der Waals surface area contributed by atoms with Crippen molar-refractivity contribution in [3.63, 3.8) is 0 Å². The first-order valence-corrected chi connectivity index (χ1v) is 6.75. The van der Waals surface area contributed by atoms with Crippen LogP contribution in [-0.4, -0.2) is 34.7 Å². The molecule has 0 saturated carbocycles. The minimum atomic E-state index is -0.629. The van der Waals surface area contributed by atoms with Crippen LogP contribution in [0.1, 0.15) is 26.7 Å². The number of nitro groups is 1. The third kappa shape index (κ3) is 4.71. The van der Waals surface area contributed by atoms with E-state index in [0.29, 0.717) is 18.6 Å². The van der Waals surface area contributed by atoms with Gasteiger partial charge in [-0.1, -0.05) is 13.8 Å². The van der Waals surface area contributed by atoms with Crippen LogP contribution < -0.4 is 10.1 Å². The number of aliphatic hydroxyl groups is 1. The van der Waals surface area contributed by atoms with Gasteiger partial charge in [-0.3, -0.25) is 14.9 Å². The van der Waals surface area contributed by atoms with Gasteiger partial charge in [0.1, 0.15) is 5.75 Å². The van der Waals surface area contributed by atoms with E-state index in [9.17, 15) is 20.0 Å². The minimum Gasteiger partial charge on any atom is -0.484 e. The number of hydrogen-bond donors (Lipinski definition) is 2. The number of benzene rings is 1. The van der Waals surface area contributed by atoms with Gasteiger partial charge in [0.25, 0.3) is 11.6 Å². The first-order chi connectivity index (χ1) is 9.96. The van der Waals surface area contributed by atoms with Crippen molar-refractivity contribution in [2.75, 3.05) is 13.2 Å². The van der Waals surface area contributed by atoms with Crippen molar-refractivity contribution in [2.24, 2.45) is 0 Å². The van der Waals surface area contributed by atoms with E-state index in [1.165, 1.54) is 24.3 Å². The van der Waals surface area contributed by atoms with Gasteiger partial charge in [0.05, 0.1) is 17.1 Å². The highest BCUT2D eigenvalue weighted by Crippen LogP contribution is 2.17. The Balaban J connectivity index is 2.54. The van der Waals surface area contributed by atoms with Crippen molar-refractivity contribution in [1.29, 1.82) is 0 Å². The smallest absolute Gasteiger partial charge is 0.269 e. The zero-order valence-electron chi connectivity index (χ0n) is 12.2. The van der Waals surface area contributed by atoms with E-state index in [2.05, 4.69) is 5.32 Å². The summed E-state index contributed by atoms with van der Waals surface area (Å²) in [7, 11) is 0. The van der Waals surface area contributed by atoms with Gasteiger partial charge in [-0.2, -0.15) is 0 Å². The van der Waals surface area contributed by atoms with Crippen molar-refractivity contribution in [3.05, 3.63) is 34.4 Å². The minimum absolute atomic E-state index is 0.0388. The summed E-state index contributed by atoms with van der Waals surface area (Å²) in [6.07, 6.45) is 1.23. The van der Waals surface area contributed by atoms with E-state index in [0.717, 1.165) is 0 Å². The largest absolute Gasteiger partial charge is 0.484 e. The average Bonchev–Trinajstić information content (AvgIpc) is 2.51. The topological polar surface area (TPSA) is 102 Å². The quantitative estimate of drug-likeness (QED) is 0.561. The summed E-state index contributed by atoms with van der Waals surface area (Å²) in [5, 5.41) is 22.6. The molecule has 0 bridgehead atoms. The maximum Gasteiger partial charge on any atom is 0.269 e. The molecule has 1 rings (SSSR count). The molecule has 7 heteroatoms. The van der Waals surface area contributed by atoms with Gasteiger partial charge in [0, 0.05) is 12.1 Å². The number of carbonyl (C=O) groups is 1. The van der Waals surface area contributed by atoms with Crippen molar-refractivity contribution in [2.45, 2.75) is 32.2 Å². The molecule has 0 unspecified atom stereocenters. The summed E-state index contributed by atoms with van der Waals surface area (Å²) in [6.45, 7) is 3.43. The highest BCUT2D eigenvalue weighted by molar-refractivity contribution is 5.78. The zero-order chi connectivity index (χ0) is 15.9. The molecular weight excluding hydrogens is 276 g/mol. The van der Waals surface area contributed by atoms with Gasteiger partial charge in [-0.15, -0.1) is 0 Å². The van der Waals surface area contributed by atoms with E-state index < -0.39 is 10.5 Å². The van der Waals surface area contributed by atoms with Gasteiger partial charge < -0.3 is 15.2 Å². The maximum atomic E-state index is 11.8. The van der Waals surface area contributed by atoms with E-state index >= 15 is 0 Å². The SMILES string of the molecule is CCC(CC)(CO)NC(=O)COc1ccc([N+](=O)[O-])cc1. The molecule has 7 nitrogen and oxygen atoms in total. The van der Waals surface area contributed by atoms with Crippen LogP contribution in [0.5, 0.6) is 5.75 Å². The van der Waals surface area contributed by atoms with Gasteiger partial charge in [-0.05, 0) is 25.0 Å². The fraction of sp³-hybridized carbons (Fsp3) is 0.500. The van der Waals surface area contributed by atoms with Crippen molar-refractivity contribution < 1.29 is 19.6 Å². The number of aliphatic hydroxyl groups excluding tert-OH is 1. The predicted octanol–water partition coefficient (Wildman–Crippen LogP) is 1.64. The Bertz CT molecular complexity index is 474. The van der Waals surface area contributed by atoms with Gasteiger partial charge >= 0.3 is 0 Å². The second kappa shape index (κ2) is 7.58. The molecule has 0 heterocycles. The standard InChI is InChI=1S/C14H20N2O5/c1-3-14(4-2,10-17)15-13(18)9-21-12-7-5-11(6-8-12)16(19)20/h5-8,17H,3-4,9-10H2,1-2H3,(H,15,18). The second-order valence-corrected chi connectivity index (χ2v) is 4.73. The Morgan fingerprint density at radius 3 is 2.33 bits per heavy atom. The lowest BCUT2D eigenvalue weighted by Gasteiger charge is -2.30. The number of hydrogen-bond acceptors (Lipinski definition) is 5. The molecule has 1 aromatic rings. The fourth-order valence-electron chi connectivity index (χ4n) is 1.83. The third-order valence-corrected chi connectivity index (χ3v) is 3.48. The molecule has 0 fully saturated rings. The maximum absolute atomic E-state index is 11.8. The highest BCUT2D eigenvalue weighted by Gasteiger charge is 2.27. The zero-order valence-corrected chi connectivity index (χ0v) is 12.2. The second-order valence-electron chi connectivity index (χ2n) is 4.73. The van der Waals surface area contributed by atoms with Crippen LogP contribution in [0, 0.1) is 10.1 Å². The monoisotopic (exact) mass is 296 g/mol. The number of amides is 1. The van der Waals surface area contributed by atoms with Crippen LogP contribution in [0.4, 0.5) is 5.69 Å². The Hall–Kier alpha value is -2.15.